The van der Waals surface area contributed by atoms with Crippen LogP contribution in [0.25, 0.3) is 0 Å². The Morgan fingerprint density at radius 2 is 1.42 bits per heavy atom. The number of esters is 1. The van der Waals surface area contributed by atoms with Crippen molar-refractivity contribution in [1.29, 1.82) is 0 Å². The van der Waals surface area contributed by atoms with Crippen LogP contribution in [0.5, 0.6) is 0 Å². The Morgan fingerprint density at radius 3 is 2.00 bits per heavy atom. The molecule has 5 aliphatic rings. The summed E-state index contributed by atoms with van der Waals surface area (Å²) in [6.07, 6.45) is 9.33. The number of allylic oxidation sites excluding steroid dienone is 2. The lowest BCUT2D eigenvalue weighted by molar-refractivity contribution is -0.191. The molecule has 4 fully saturated rings. The SMILES string of the molecule is CC(C)(C)OC(=O)N[C@H]1CC[C@]2(C)[C@H]3C(=O)C=C4[C@@H]5C[C@@](C)(C(=O)OC(c6ccccc6)c6ccccc6)CC[C@]5(C)CC[C@@]4(C)[C@]3(C)CC[C@H]2[C@]1(C)C=O. The average molecular weight is 750 g/mol. The number of ketones is 1. The number of benzene rings is 2. The standard InChI is InChI=1S/C48H63NO6/c1-42(2,3)55-41(53)49-37-21-22-45(6)36(46(37,7)30-50)20-23-48(9)39(45)35(51)28-33-34-29-44(5,25-24-43(34,4)26-27-47(33,48)8)40(52)54-38(31-16-12-10-13-17-31)32-18-14-11-15-19-32/h10-19,28,30,34,36-39H,20-27,29H2,1-9H3,(H,49,53)/t34-,36+,37-,39+,43+,44-,45-,46-,47+,48+/m0/s1. The molecule has 2 aromatic rings. The molecule has 0 aliphatic heterocycles. The van der Waals surface area contributed by atoms with Gasteiger partial charge in [0.15, 0.2) is 11.9 Å². The molecule has 0 saturated heterocycles. The third kappa shape index (κ3) is 6.30. The third-order valence-corrected chi connectivity index (χ3v) is 16.2. The first-order chi connectivity index (χ1) is 25.7. The summed E-state index contributed by atoms with van der Waals surface area (Å²) in [6.45, 7) is 19.0. The first kappa shape index (κ1) is 39.5. The predicted octanol–water partition coefficient (Wildman–Crippen LogP) is 10.4. The summed E-state index contributed by atoms with van der Waals surface area (Å²) < 4.78 is 12.2. The van der Waals surface area contributed by atoms with Crippen molar-refractivity contribution < 1.29 is 28.7 Å². The Kier molecular flexibility index (Phi) is 9.65. The minimum atomic E-state index is -0.843. The highest BCUT2D eigenvalue weighted by Crippen LogP contribution is 2.75. The number of carbonyl (C=O) groups excluding carboxylic acids is 4. The van der Waals surface area contributed by atoms with Gasteiger partial charge in [-0.15, -0.1) is 0 Å². The van der Waals surface area contributed by atoms with E-state index in [1.807, 2.05) is 94.4 Å². The first-order valence-electron chi connectivity index (χ1n) is 20.8. The zero-order valence-electron chi connectivity index (χ0n) is 34.6. The lowest BCUT2D eigenvalue weighted by atomic mass is 9.33. The number of amides is 1. The van der Waals surface area contributed by atoms with Gasteiger partial charge in [-0.3, -0.25) is 9.59 Å². The molecule has 1 N–H and O–H groups in total. The number of hydrogen-bond donors (Lipinski definition) is 1. The molecular formula is C48H63NO6. The van der Waals surface area contributed by atoms with Gasteiger partial charge in [0, 0.05) is 17.4 Å². The average Bonchev–Trinajstić information content (AvgIpc) is 3.13. The third-order valence-electron chi connectivity index (χ3n) is 16.2. The second-order valence-corrected chi connectivity index (χ2v) is 20.6. The summed E-state index contributed by atoms with van der Waals surface area (Å²) in [5, 5.41) is 3.07. The van der Waals surface area contributed by atoms with Crippen LogP contribution < -0.4 is 5.32 Å². The molecule has 0 bridgehead atoms. The van der Waals surface area contributed by atoms with Crippen LogP contribution in [0.1, 0.15) is 137 Å². The van der Waals surface area contributed by atoms with Gasteiger partial charge in [-0.05, 0) is 136 Å². The van der Waals surface area contributed by atoms with Crippen molar-refractivity contribution in [1.82, 2.24) is 5.32 Å². The van der Waals surface area contributed by atoms with Gasteiger partial charge in [0.25, 0.3) is 0 Å². The topological polar surface area (TPSA) is 98.8 Å². The highest BCUT2D eigenvalue weighted by molar-refractivity contribution is 5.96. The van der Waals surface area contributed by atoms with Gasteiger partial charge in [-0.25, -0.2) is 4.79 Å². The summed E-state index contributed by atoms with van der Waals surface area (Å²) in [4.78, 5) is 55.7. The Labute approximate surface area is 328 Å². The minimum Gasteiger partial charge on any atom is -0.452 e. The molecule has 55 heavy (non-hydrogen) atoms. The molecule has 10 atom stereocenters. The number of alkyl carbamates (subject to hydrolysis) is 1. The van der Waals surface area contributed by atoms with E-state index in [9.17, 15) is 19.2 Å². The van der Waals surface area contributed by atoms with Crippen LogP contribution in [0.2, 0.25) is 0 Å². The largest absolute Gasteiger partial charge is 0.452 e. The van der Waals surface area contributed by atoms with Crippen LogP contribution in [0.15, 0.2) is 72.3 Å². The summed E-state index contributed by atoms with van der Waals surface area (Å²) in [5.74, 6) is -0.261. The number of nitrogens with one attached hydrogen (secondary N) is 1. The molecule has 0 spiro atoms. The number of carbonyl (C=O) groups is 4. The molecule has 7 rings (SSSR count). The quantitative estimate of drug-likeness (QED) is 0.233. The maximum Gasteiger partial charge on any atom is 0.407 e. The highest BCUT2D eigenvalue weighted by atomic mass is 16.6. The summed E-state index contributed by atoms with van der Waals surface area (Å²) >= 11 is 0. The van der Waals surface area contributed by atoms with E-state index in [1.165, 1.54) is 5.57 Å². The monoisotopic (exact) mass is 749 g/mol. The molecule has 5 aliphatic carbocycles. The fourth-order valence-electron chi connectivity index (χ4n) is 12.8. The fraction of sp³-hybridized carbons (Fsp3) is 0.625. The molecule has 296 valence electrons. The maximum atomic E-state index is 15.0. The number of hydrogen-bond acceptors (Lipinski definition) is 6. The smallest absolute Gasteiger partial charge is 0.407 e. The van der Waals surface area contributed by atoms with E-state index < -0.39 is 34.0 Å². The van der Waals surface area contributed by atoms with Crippen LogP contribution in [0.4, 0.5) is 4.79 Å². The molecule has 4 saturated carbocycles. The Morgan fingerprint density at radius 1 is 0.818 bits per heavy atom. The minimum absolute atomic E-state index is 0.0184. The van der Waals surface area contributed by atoms with E-state index in [4.69, 9.17) is 9.47 Å². The summed E-state index contributed by atoms with van der Waals surface area (Å²) in [5.41, 5.74) is -0.0906. The zero-order valence-corrected chi connectivity index (χ0v) is 34.6. The van der Waals surface area contributed by atoms with Gasteiger partial charge < -0.3 is 19.6 Å². The van der Waals surface area contributed by atoms with E-state index in [0.29, 0.717) is 12.8 Å². The van der Waals surface area contributed by atoms with Crippen molar-refractivity contribution in [3.63, 3.8) is 0 Å². The van der Waals surface area contributed by atoms with Crippen LogP contribution in [0, 0.1) is 50.2 Å². The lowest BCUT2D eigenvalue weighted by Crippen LogP contribution is -2.68. The zero-order chi connectivity index (χ0) is 39.8. The molecule has 7 nitrogen and oxygen atoms in total. The highest BCUT2D eigenvalue weighted by Gasteiger charge is 2.71. The van der Waals surface area contributed by atoms with Gasteiger partial charge in [-0.1, -0.05) is 101 Å². The molecule has 2 aromatic carbocycles. The van der Waals surface area contributed by atoms with Gasteiger partial charge in [0.05, 0.1) is 5.41 Å². The fourth-order valence-corrected chi connectivity index (χ4v) is 12.8. The molecule has 0 radical (unpaired) electrons. The molecular weight excluding hydrogens is 687 g/mol. The second kappa shape index (κ2) is 13.4. The summed E-state index contributed by atoms with van der Waals surface area (Å²) in [6, 6.07) is 19.6. The maximum absolute atomic E-state index is 15.0. The van der Waals surface area contributed by atoms with Crippen LogP contribution >= 0.6 is 0 Å². The van der Waals surface area contributed by atoms with Crippen LogP contribution in [-0.2, 0) is 23.9 Å². The Bertz CT molecular complexity index is 1830. The number of rotatable bonds is 6. The molecule has 0 unspecified atom stereocenters. The van der Waals surface area contributed by atoms with E-state index >= 15 is 0 Å². The van der Waals surface area contributed by atoms with Gasteiger partial charge in [-0.2, -0.15) is 0 Å². The number of fused-ring (bicyclic) bond motifs is 7. The lowest BCUT2D eigenvalue weighted by Gasteiger charge is -2.70. The van der Waals surface area contributed by atoms with Crippen molar-refractivity contribution in [3.8, 4) is 0 Å². The van der Waals surface area contributed by atoms with Crippen molar-refractivity contribution in [2.75, 3.05) is 0 Å². The molecule has 0 aromatic heterocycles. The van der Waals surface area contributed by atoms with Crippen molar-refractivity contribution in [2.45, 2.75) is 138 Å². The van der Waals surface area contributed by atoms with Crippen molar-refractivity contribution in [2.24, 2.45) is 50.2 Å². The predicted molar refractivity (Wildman–Crippen MR) is 214 cm³/mol. The van der Waals surface area contributed by atoms with Crippen molar-refractivity contribution >= 4 is 24.1 Å². The van der Waals surface area contributed by atoms with E-state index in [1.54, 1.807) is 0 Å². The van der Waals surface area contributed by atoms with Crippen molar-refractivity contribution in [3.05, 3.63) is 83.4 Å². The normalized spacial score (nSPS) is 39.7. The number of aldehydes is 1. The van der Waals surface area contributed by atoms with E-state index in [-0.39, 0.29) is 51.8 Å². The van der Waals surface area contributed by atoms with E-state index in [2.05, 4.69) is 39.9 Å². The van der Waals surface area contributed by atoms with Crippen LogP contribution in [0.3, 0.4) is 0 Å². The Hall–Kier alpha value is -3.74. The molecule has 0 heterocycles. The summed E-state index contributed by atoms with van der Waals surface area (Å²) in [7, 11) is 0. The molecule has 1 amide bonds. The van der Waals surface area contributed by atoms with Crippen LogP contribution in [-0.4, -0.2) is 35.8 Å². The molecule has 7 heteroatoms. The van der Waals surface area contributed by atoms with Gasteiger partial charge in [0.2, 0.25) is 0 Å². The number of ether oxygens (including phenoxy) is 2. The second-order valence-electron chi connectivity index (χ2n) is 20.6. The van der Waals surface area contributed by atoms with Gasteiger partial charge in [0.1, 0.15) is 11.9 Å². The first-order valence-corrected chi connectivity index (χ1v) is 20.8. The van der Waals surface area contributed by atoms with Gasteiger partial charge >= 0.3 is 12.1 Å². The van der Waals surface area contributed by atoms with E-state index in [0.717, 1.165) is 62.4 Å². The Balaban J connectivity index is 1.19.